The number of nitrogens with zero attached hydrogens (tertiary/aromatic N) is 3. The van der Waals surface area contributed by atoms with Crippen LogP contribution in [0.3, 0.4) is 0 Å². The molecule has 1 saturated heterocycles. The zero-order chi connectivity index (χ0) is 22.9. The van der Waals surface area contributed by atoms with Gasteiger partial charge in [0.2, 0.25) is 5.91 Å². The number of fused-ring (bicyclic) bond motifs is 1. The van der Waals surface area contributed by atoms with Gasteiger partial charge in [0.25, 0.3) is 0 Å². The van der Waals surface area contributed by atoms with Crippen molar-refractivity contribution >= 4 is 16.9 Å². The van der Waals surface area contributed by atoms with Gasteiger partial charge >= 0.3 is 0 Å². The first kappa shape index (κ1) is 22.4. The van der Waals surface area contributed by atoms with Gasteiger partial charge in [-0.3, -0.25) is 4.79 Å². The molecule has 0 bridgehead atoms. The number of likely N-dealkylation sites (tertiary alicyclic amines) is 1. The number of hydrogen-bond donors (Lipinski definition) is 0. The molecule has 0 radical (unpaired) electrons. The fourth-order valence-electron chi connectivity index (χ4n) is 4.60. The van der Waals surface area contributed by atoms with Crippen LogP contribution in [0.15, 0.2) is 42.5 Å². The number of benzene rings is 2. The topological polar surface area (TPSA) is 47.4 Å². The fourth-order valence-corrected chi connectivity index (χ4v) is 4.60. The molecule has 0 saturated carbocycles. The Hall–Kier alpha value is -2.82. The van der Waals surface area contributed by atoms with E-state index in [2.05, 4.69) is 63.5 Å². The van der Waals surface area contributed by atoms with Gasteiger partial charge in [-0.2, -0.15) is 0 Å². The first-order valence-electron chi connectivity index (χ1n) is 11.7. The first-order valence-corrected chi connectivity index (χ1v) is 11.7. The van der Waals surface area contributed by atoms with Crippen LogP contribution in [0.2, 0.25) is 0 Å². The smallest absolute Gasteiger partial charge is 0.223 e. The Morgan fingerprint density at radius 1 is 1.06 bits per heavy atom. The number of carbonyl (C=O) groups excluding carboxylic acids is 1. The Morgan fingerprint density at radius 3 is 2.59 bits per heavy atom. The Bertz CT molecular complexity index is 1110. The van der Waals surface area contributed by atoms with Crippen LogP contribution in [-0.2, 0) is 11.3 Å². The molecule has 5 heteroatoms. The van der Waals surface area contributed by atoms with E-state index in [1.165, 1.54) is 11.1 Å². The Morgan fingerprint density at radius 2 is 1.84 bits per heavy atom. The Balaban J connectivity index is 1.45. The summed E-state index contributed by atoms with van der Waals surface area (Å²) in [5.74, 6) is 2.38. The predicted molar refractivity (Wildman–Crippen MR) is 129 cm³/mol. The minimum atomic E-state index is -0.159. The van der Waals surface area contributed by atoms with Gasteiger partial charge in [0.15, 0.2) is 0 Å². The molecule has 2 heterocycles. The fraction of sp³-hybridized carbons (Fsp3) is 0.481. The van der Waals surface area contributed by atoms with E-state index in [1.807, 2.05) is 23.1 Å². The summed E-state index contributed by atoms with van der Waals surface area (Å²) in [6.45, 7) is 12.9. The van der Waals surface area contributed by atoms with Crippen molar-refractivity contribution < 1.29 is 9.53 Å². The number of para-hydroxylation sites is 2. The number of carbonyl (C=O) groups is 1. The summed E-state index contributed by atoms with van der Waals surface area (Å²) in [6.07, 6.45) is 2.51. The SMILES string of the molecule is Cc1cccc(OCCCCn2c([C@H]3CC(=O)N(C(C)(C)C)C3)nc3ccccc32)c1C. The number of ether oxygens (including phenoxy) is 1. The van der Waals surface area contributed by atoms with Crippen molar-refractivity contribution in [2.45, 2.75) is 71.9 Å². The van der Waals surface area contributed by atoms with Crippen molar-refractivity contribution in [1.82, 2.24) is 14.5 Å². The molecule has 4 rings (SSSR count). The molecule has 32 heavy (non-hydrogen) atoms. The summed E-state index contributed by atoms with van der Waals surface area (Å²) in [5, 5.41) is 0. The maximum Gasteiger partial charge on any atom is 0.223 e. The molecule has 1 amide bonds. The largest absolute Gasteiger partial charge is 0.493 e. The zero-order valence-corrected chi connectivity index (χ0v) is 20.0. The maximum atomic E-state index is 12.7. The molecule has 1 atom stereocenters. The molecule has 3 aromatic rings. The average molecular weight is 434 g/mol. The van der Waals surface area contributed by atoms with Crippen LogP contribution in [0.5, 0.6) is 5.75 Å². The lowest BCUT2D eigenvalue weighted by Crippen LogP contribution is -2.42. The molecule has 1 aliphatic heterocycles. The Kier molecular flexibility index (Phi) is 6.27. The van der Waals surface area contributed by atoms with Gasteiger partial charge in [-0.25, -0.2) is 4.98 Å². The van der Waals surface area contributed by atoms with Crippen molar-refractivity contribution in [3.05, 3.63) is 59.4 Å². The second-order valence-corrected chi connectivity index (χ2v) is 9.94. The van der Waals surface area contributed by atoms with Gasteiger partial charge in [0.1, 0.15) is 11.6 Å². The standard InChI is InChI=1S/C27H35N3O2/c1-19-11-10-14-24(20(19)2)32-16-9-8-15-29-23-13-7-6-12-22(23)28-26(29)21-17-25(31)30(18-21)27(3,4)5/h6-7,10-14,21H,8-9,15-18H2,1-5H3/t21-/m0/s1. The highest BCUT2D eigenvalue weighted by molar-refractivity contribution is 5.81. The van der Waals surface area contributed by atoms with Gasteiger partial charge in [-0.15, -0.1) is 0 Å². The van der Waals surface area contributed by atoms with E-state index in [9.17, 15) is 4.79 Å². The lowest BCUT2D eigenvalue weighted by molar-refractivity contribution is -0.131. The second kappa shape index (κ2) is 8.97. The van der Waals surface area contributed by atoms with Crippen LogP contribution < -0.4 is 4.74 Å². The number of rotatable bonds is 7. The van der Waals surface area contributed by atoms with Crippen LogP contribution in [0.25, 0.3) is 11.0 Å². The molecule has 0 N–H and O–H groups in total. The zero-order valence-electron chi connectivity index (χ0n) is 20.0. The molecular formula is C27H35N3O2. The van der Waals surface area contributed by atoms with Crippen LogP contribution in [0.1, 0.15) is 62.9 Å². The highest BCUT2D eigenvalue weighted by Crippen LogP contribution is 2.34. The molecule has 170 valence electrons. The normalized spacial score (nSPS) is 16.8. The first-order chi connectivity index (χ1) is 15.3. The van der Waals surface area contributed by atoms with Crippen LogP contribution in [0, 0.1) is 13.8 Å². The molecule has 1 aliphatic rings. The van der Waals surface area contributed by atoms with Crippen molar-refractivity contribution in [3.63, 3.8) is 0 Å². The maximum absolute atomic E-state index is 12.7. The predicted octanol–water partition coefficient (Wildman–Crippen LogP) is 5.63. The Labute approximate surface area is 191 Å². The van der Waals surface area contributed by atoms with Crippen LogP contribution >= 0.6 is 0 Å². The van der Waals surface area contributed by atoms with Crippen molar-refractivity contribution in [1.29, 1.82) is 0 Å². The summed E-state index contributed by atoms with van der Waals surface area (Å²) < 4.78 is 8.37. The van der Waals surface area contributed by atoms with Crippen molar-refractivity contribution in [2.24, 2.45) is 0 Å². The summed E-state index contributed by atoms with van der Waals surface area (Å²) >= 11 is 0. The molecule has 2 aromatic carbocycles. The van der Waals surface area contributed by atoms with Gasteiger partial charge in [-0.1, -0.05) is 24.3 Å². The highest BCUT2D eigenvalue weighted by Gasteiger charge is 2.38. The van der Waals surface area contributed by atoms with Crippen LogP contribution in [-0.4, -0.2) is 39.0 Å². The number of unbranched alkanes of at least 4 members (excludes halogenated alkanes) is 1. The molecular weight excluding hydrogens is 398 g/mol. The summed E-state index contributed by atoms with van der Waals surface area (Å²) in [7, 11) is 0. The molecule has 1 aromatic heterocycles. The van der Waals surface area contributed by atoms with E-state index in [4.69, 9.17) is 9.72 Å². The third-order valence-corrected chi connectivity index (χ3v) is 6.57. The number of amides is 1. The second-order valence-electron chi connectivity index (χ2n) is 9.94. The van der Waals surface area contributed by atoms with E-state index < -0.39 is 0 Å². The lowest BCUT2D eigenvalue weighted by atomic mass is 10.1. The minimum absolute atomic E-state index is 0.139. The molecule has 0 spiro atoms. The van der Waals surface area contributed by atoms with Crippen LogP contribution in [0.4, 0.5) is 0 Å². The summed E-state index contributed by atoms with van der Waals surface area (Å²) in [6, 6.07) is 14.5. The third kappa shape index (κ3) is 4.52. The van der Waals surface area contributed by atoms with Gasteiger partial charge < -0.3 is 14.2 Å². The molecule has 1 fully saturated rings. The monoisotopic (exact) mass is 433 g/mol. The summed E-state index contributed by atoms with van der Waals surface area (Å²) in [4.78, 5) is 19.7. The molecule has 0 unspecified atom stereocenters. The van der Waals surface area contributed by atoms with Gasteiger partial charge in [0, 0.05) is 31.0 Å². The third-order valence-electron chi connectivity index (χ3n) is 6.57. The van der Waals surface area contributed by atoms with Crippen molar-refractivity contribution in [3.8, 4) is 5.75 Å². The van der Waals surface area contributed by atoms with Gasteiger partial charge in [0.05, 0.1) is 17.6 Å². The quantitative estimate of drug-likeness (QED) is 0.454. The number of imidazole rings is 1. The number of aryl methyl sites for hydroxylation is 2. The van der Waals surface area contributed by atoms with Crippen molar-refractivity contribution in [2.75, 3.05) is 13.2 Å². The molecule has 5 nitrogen and oxygen atoms in total. The minimum Gasteiger partial charge on any atom is -0.493 e. The highest BCUT2D eigenvalue weighted by atomic mass is 16.5. The molecule has 0 aliphatic carbocycles. The van der Waals surface area contributed by atoms with E-state index in [0.717, 1.165) is 48.5 Å². The number of hydrogen-bond acceptors (Lipinski definition) is 3. The van der Waals surface area contributed by atoms with E-state index >= 15 is 0 Å². The van der Waals surface area contributed by atoms with E-state index in [0.29, 0.717) is 13.0 Å². The number of aromatic nitrogens is 2. The lowest BCUT2D eigenvalue weighted by Gasteiger charge is -2.32. The van der Waals surface area contributed by atoms with E-state index in [-0.39, 0.29) is 17.4 Å². The van der Waals surface area contributed by atoms with E-state index in [1.54, 1.807) is 0 Å². The summed E-state index contributed by atoms with van der Waals surface area (Å²) in [5.41, 5.74) is 4.47. The van der Waals surface area contributed by atoms with Gasteiger partial charge in [-0.05, 0) is 76.8 Å². The average Bonchev–Trinajstić information content (AvgIpc) is 3.31.